The highest BCUT2D eigenvalue weighted by atomic mass is 32.2. The fourth-order valence-electron chi connectivity index (χ4n) is 2.09. The lowest BCUT2D eigenvalue weighted by Gasteiger charge is -2.12. The van der Waals surface area contributed by atoms with E-state index in [4.69, 9.17) is 0 Å². The molecule has 126 valence electrons. The maximum Gasteiger partial charge on any atom is 0.369 e. The molecule has 0 aliphatic carbocycles. The quantitative estimate of drug-likeness (QED) is 0.667. The van der Waals surface area contributed by atoms with Gasteiger partial charge in [-0.25, -0.2) is 17.5 Å². The number of rotatable bonds is 5. The molecule has 1 aromatic carbocycles. The van der Waals surface area contributed by atoms with E-state index in [0.717, 1.165) is 4.31 Å². The molecule has 0 aliphatic rings. The third kappa shape index (κ3) is 3.03. The summed E-state index contributed by atoms with van der Waals surface area (Å²) >= 11 is 1.38. The summed E-state index contributed by atoms with van der Waals surface area (Å²) in [4.78, 5) is 12.5. The van der Waals surface area contributed by atoms with Crippen molar-refractivity contribution in [1.82, 2.24) is 24.1 Å². The van der Waals surface area contributed by atoms with Gasteiger partial charge in [-0.15, -0.1) is 11.3 Å². The zero-order chi connectivity index (χ0) is 17.3. The average Bonchev–Trinajstić information content (AvgIpc) is 3.18. The van der Waals surface area contributed by atoms with Crippen molar-refractivity contribution in [3.8, 4) is 5.00 Å². The second-order valence-electron chi connectivity index (χ2n) is 5.22. The highest BCUT2D eigenvalue weighted by Gasteiger charge is 2.18. The zero-order valence-electron chi connectivity index (χ0n) is 13.0. The summed E-state index contributed by atoms with van der Waals surface area (Å²) in [5.74, 6) is 0. The summed E-state index contributed by atoms with van der Waals surface area (Å²) in [6.07, 6.45) is 0. The summed E-state index contributed by atoms with van der Waals surface area (Å²) in [5.41, 5.74) is 0.275. The van der Waals surface area contributed by atoms with Gasteiger partial charge in [-0.3, -0.25) is 0 Å². The Hall–Kier alpha value is -2.30. The summed E-state index contributed by atoms with van der Waals surface area (Å²) in [7, 11) is -0.583. The van der Waals surface area contributed by atoms with Crippen LogP contribution < -0.4 is 5.69 Å². The van der Waals surface area contributed by atoms with Gasteiger partial charge in [-0.1, -0.05) is 12.1 Å². The highest BCUT2D eigenvalue weighted by Crippen LogP contribution is 2.15. The SMILES string of the molecule is CN(C)S(=O)(=O)c1cccc(Cn2nnn(-c3cccs3)c2=O)c1. The van der Waals surface area contributed by atoms with E-state index in [2.05, 4.69) is 10.4 Å². The molecule has 0 atom stereocenters. The van der Waals surface area contributed by atoms with Gasteiger partial charge in [-0.05, 0) is 45.6 Å². The van der Waals surface area contributed by atoms with Crippen LogP contribution in [0.2, 0.25) is 0 Å². The number of tetrazole rings is 1. The van der Waals surface area contributed by atoms with Gasteiger partial charge in [0.15, 0.2) is 0 Å². The third-order valence-electron chi connectivity index (χ3n) is 3.36. The first-order chi connectivity index (χ1) is 11.4. The second-order valence-corrected chi connectivity index (χ2v) is 8.30. The third-order valence-corrected chi connectivity index (χ3v) is 6.02. The van der Waals surface area contributed by atoms with Crippen molar-refractivity contribution in [2.24, 2.45) is 0 Å². The normalized spacial score (nSPS) is 12.0. The summed E-state index contributed by atoms with van der Waals surface area (Å²) in [5, 5.41) is 10.2. The zero-order valence-corrected chi connectivity index (χ0v) is 14.7. The van der Waals surface area contributed by atoms with Crippen LogP contribution in [0.25, 0.3) is 5.00 Å². The Bertz CT molecular complexity index is 1000. The maximum atomic E-state index is 12.3. The summed E-state index contributed by atoms with van der Waals surface area (Å²) in [6.45, 7) is 0.140. The Morgan fingerprint density at radius 1 is 1.17 bits per heavy atom. The molecule has 3 aromatic rings. The fourth-order valence-corrected chi connectivity index (χ4v) is 3.73. The first kappa shape index (κ1) is 16.6. The molecule has 0 fully saturated rings. The van der Waals surface area contributed by atoms with Crippen molar-refractivity contribution in [2.75, 3.05) is 14.1 Å². The van der Waals surface area contributed by atoms with Crippen molar-refractivity contribution in [3.63, 3.8) is 0 Å². The molecular formula is C14H15N5O3S2. The number of hydrogen-bond acceptors (Lipinski definition) is 6. The maximum absolute atomic E-state index is 12.3. The topological polar surface area (TPSA) is 90.1 Å². The van der Waals surface area contributed by atoms with Crippen LogP contribution in [0, 0.1) is 0 Å². The Labute approximate surface area is 142 Å². The van der Waals surface area contributed by atoms with E-state index in [-0.39, 0.29) is 17.1 Å². The van der Waals surface area contributed by atoms with Crippen LogP contribution in [-0.2, 0) is 16.6 Å². The van der Waals surface area contributed by atoms with Crippen LogP contribution in [0.1, 0.15) is 5.56 Å². The Morgan fingerprint density at radius 3 is 2.62 bits per heavy atom. The highest BCUT2D eigenvalue weighted by molar-refractivity contribution is 7.89. The van der Waals surface area contributed by atoms with Gasteiger partial charge >= 0.3 is 5.69 Å². The van der Waals surface area contributed by atoms with E-state index >= 15 is 0 Å². The summed E-state index contributed by atoms with van der Waals surface area (Å²) in [6, 6.07) is 10.0. The molecule has 0 saturated heterocycles. The molecule has 24 heavy (non-hydrogen) atoms. The molecule has 0 unspecified atom stereocenters. The van der Waals surface area contributed by atoms with E-state index in [0.29, 0.717) is 10.6 Å². The van der Waals surface area contributed by atoms with Crippen molar-refractivity contribution in [3.05, 3.63) is 57.8 Å². The lowest BCUT2D eigenvalue weighted by molar-refractivity contribution is 0.520. The summed E-state index contributed by atoms with van der Waals surface area (Å²) < 4.78 is 27.9. The smallest absolute Gasteiger partial charge is 0.244 e. The van der Waals surface area contributed by atoms with Gasteiger partial charge in [-0.2, -0.15) is 9.36 Å². The molecule has 2 aromatic heterocycles. The first-order valence-electron chi connectivity index (χ1n) is 6.98. The lowest BCUT2D eigenvalue weighted by atomic mass is 10.2. The monoisotopic (exact) mass is 365 g/mol. The number of sulfonamides is 1. The Balaban J connectivity index is 1.92. The minimum Gasteiger partial charge on any atom is -0.244 e. The predicted octanol–water partition coefficient (Wildman–Crippen LogP) is 0.789. The van der Waals surface area contributed by atoms with Crippen LogP contribution in [-0.4, -0.2) is 46.6 Å². The van der Waals surface area contributed by atoms with Crippen LogP contribution >= 0.6 is 11.3 Å². The van der Waals surface area contributed by atoms with Crippen molar-refractivity contribution < 1.29 is 8.42 Å². The largest absolute Gasteiger partial charge is 0.369 e. The van der Waals surface area contributed by atoms with E-state index < -0.39 is 10.0 Å². The molecule has 0 saturated carbocycles. The van der Waals surface area contributed by atoms with Gasteiger partial charge in [0.05, 0.1) is 11.4 Å². The van der Waals surface area contributed by atoms with Gasteiger partial charge < -0.3 is 0 Å². The van der Waals surface area contributed by atoms with Crippen LogP contribution in [0.3, 0.4) is 0 Å². The lowest BCUT2D eigenvalue weighted by Crippen LogP contribution is -2.25. The minimum absolute atomic E-state index is 0.140. The predicted molar refractivity (Wildman–Crippen MR) is 89.9 cm³/mol. The molecule has 0 N–H and O–H groups in total. The molecule has 0 amide bonds. The van der Waals surface area contributed by atoms with E-state index in [1.165, 1.54) is 46.9 Å². The molecule has 3 rings (SSSR count). The Morgan fingerprint density at radius 2 is 1.96 bits per heavy atom. The molecule has 0 radical (unpaired) electrons. The second kappa shape index (κ2) is 6.30. The molecule has 0 bridgehead atoms. The molecule has 10 heteroatoms. The number of aromatic nitrogens is 4. The number of thiophene rings is 1. The molecule has 8 nitrogen and oxygen atoms in total. The molecule has 0 aliphatic heterocycles. The van der Waals surface area contributed by atoms with E-state index in [1.54, 1.807) is 18.2 Å². The molecule has 0 spiro atoms. The van der Waals surface area contributed by atoms with Crippen molar-refractivity contribution in [2.45, 2.75) is 11.4 Å². The average molecular weight is 365 g/mol. The molecule has 2 heterocycles. The van der Waals surface area contributed by atoms with Crippen LogP contribution in [0.4, 0.5) is 0 Å². The first-order valence-corrected chi connectivity index (χ1v) is 9.30. The van der Waals surface area contributed by atoms with Crippen molar-refractivity contribution >= 4 is 21.4 Å². The van der Waals surface area contributed by atoms with Gasteiger partial charge in [0.25, 0.3) is 0 Å². The van der Waals surface area contributed by atoms with E-state index in [1.807, 2.05) is 11.4 Å². The standard InChI is InChI=1S/C14H15N5O3S2/c1-17(2)24(21,22)12-6-3-5-11(9-12)10-18-14(20)19(16-15-18)13-7-4-8-23-13/h3-9H,10H2,1-2H3. The fraction of sp³-hybridized carbons (Fsp3) is 0.214. The number of nitrogens with zero attached hydrogens (tertiary/aromatic N) is 5. The van der Waals surface area contributed by atoms with Gasteiger partial charge in [0, 0.05) is 14.1 Å². The van der Waals surface area contributed by atoms with Crippen LogP contribution in [0.5, 0.6) is 0 Å². The van der Waals surface area contributed by atoms with Crippen molar-refractivity contribution in [1.29, 1.82) is 0 Å². The van der Waals surface area contributed by atoms with Crippen LogP contribution in [0.15, 0.2) is 51.5 Å². The molecular weight excluding hydrogens is 350 g/mol. The van der Waals surface area contributed by atoms with E-state index in [9.17, 15) is 13.2 Å². The Kier molecular flexibility index (Phi) is 4.35. The minimum atomic E-state index is -3.53. The van der Waals surface area contributed by atoms with Gasteiger partial charge in [0.1, 0.15) is 5.00 Å². The van der Waals surface area contributed by atoms with Gasteiger partial charge in [0.2, 0.25) is 10.0 Å². The number of hydrogen-bond donors (Lipinski definition) is 0. The number of benzene rings is 1.